The van der Waals surface area contributed by atoms with Crippen LogP contribution in [0.4, 0.5) is 0 Å². The first-order valence-electron chi connectivity index (χ1n) is 10.3. The summed E-state index contributed by atoms with van der Waals surface area (Å²) in [7, 11) is 0. The average molecular weight is 375 g/mol. The van der Waals surface area contributed by atoms with Gasteiger partial charge in [0.1, 0.15) is 11.4 Å². The molecule has 0 amide bonds. The van der Waals surface area contributed by atoms with Gasteiger partial charge in [-0.3, -0.25) is 9.36 Å². The fraction of sp³-hybridized carbons (Fsp3) is 0.391. The Morgan fingerprint density at radius 3 is 2.75 bits per heavy atom. The summed E-state index contributed by atoms with van der Waals surface area (Å²) < 4.78 is 7.97. The molecule has 4 heterocycles. The molecular weight excluding hydrogens is 350 g/mol. The van der Waals surface area contributed by atoms with Crippen molar-refractivity contribution in [2.75, 3.05) is 26.2 Å². The van der Waals surface area contributed by atoms with Gasteiger partial charge in [-0.05, 0) is 69.6 Å². The van der Waals surface area contributed by atoms with Crippen molar-refractivity contribution < 1.29 is 9.53 Å². The van der Waals surface area contributed by atoms with Gasteiger partial charge in [0.15, 0.2) is 0 Å². The van der Waals surface area contributed by atoms with Gasteiger partial charge < -0.3 is 9.64 Å². The Labute approximate surface area is 164 Å². The molecule has 144 valence electrons. The van der Waals surface area contributed by atoms with Crippen molar-refractivity contribution in [2.45, 2.75) is 32.1 Å². The van der Waals surface area contributed by atoms with E-state index in [0.29, 0.717) is 12.3 Å². The Balaban J connectivity index is 1.37. The van der Waals surface area contributed by atoms with Crippen LogP contribution < -0.4 is 4.74 Å². The first-order chi connectivity index (χ1) is 13.8. The van der Waals surface area contributed by atoms with Gasteiger partial charge in [0.2, 0.25) is 0 Å². The largest absolute Gasteiger partial charge is 0.492 e. The molecule has 0 radical (unpaired) electrons. The second-order valence-corrected chi connectivity index (χ2v) is 7.71. The molecule has 2 aliphatic rings. The number of unbranched alkanes of at least 4 members (excludes halogenated alkanes) is 1. The van der Waals surface area contributed by atoms with Crippen molar-refractivity contribution in [1.82, 2.24) is 14.5 Å². The second-order valence-electron chi connectivity index (χ2n) is 7.71. The third-order valence-corrected chi connectivity index (χ3v) is 5.83. The molecule has 3 aromatic rings. The van der Waals surface area contributed by atoms with Crippen LogP contribution in [0.2, 0.25) is 0 Å². The van der Waals surface area contributed by atoms with Crippen LogP contribution in [0.25, 0.3) is 22.2 Å². The summed E-state index contributed by atoms with van der Waals surface area (Å²) in [6, 6.07) is 11.8. The molecule has 28 heavy (non-hydrogen) atoms. The minimum Gasteiger partial charge on any atom is -0.492 e. The summed E-state index contributed by atoms with van der Waals surface area (Å²) in [5, 5.41) is 0.972. The molecule has 5 heteroatoms. The van der Waals surface area contributed by atoms with Gasteiger partial charge in [-0.1, -0.05) is 18.6 Å². The van der Waals surface area contributed by atoms with Crippen molar-refractivity contribution in [1.29, 1.82) is 0 Å². The Hall–Kier alpha value is -2.66. The fourth-order valence-electron chi connectivity index (χ4n) is 4.39. The van der Waals surface area contributed by atoms with Crippen molar-refractivity contribution in [3.8, 4) is 17.0 Å². The predicted octanol–water partition coefficient (Wildman–Crippen LogP) is 4.35. The standard InChI is InChI=1S/C23H25N3O2/c27-23-21-20(19-11-8-15-26(19)23)22(17-9-2-3-10-18(17)24-21)28-16-7-6-14-25-12-4-1-5-13-25/h2-3,8-11,15H,1,4-7,12-14,16H2. The van der Waals surface area contributed by atoms with E-state index in [1.165, 1.54) is 32.4 Å². The molecule has 2 aromatic heterocycles. The second kappa shape index (κ2) is 7.40. The van der Waals surface area contributed by atoms with Gasteiger partial charge in [0.05, 0.1) is 23.4 Å². The number of pyridine rings is 1. The van der Waals surface area contributed by atoms with E-state index in [9.17, 15) is 4.79 Å². The highest BCUT2D eigenvalue weighted by molar-refractivity contribution is 6.12. The van der Waals surface area contributed by atoms with Crippen molar-refractivity contribution >= 4 is 16.8 Å². The molecule has 5 rings (SSSR count). The van der Waals surface area contributed by atoms with Crippen LogP contribution in [-0.2, 0) is 0 Å². The number of fused-ring (bicyclic) bond motifs is 4. The molecule has 1 fully saturated rings. The van der Waals surface area contributed by atoms with Gasteiger partial charge in [0.25, 0.3) is 5.91 Å². The van der Waals surface area contributed by atoms with E-state index >= 15 is 0 Å². The van der Waals surface area contributed by atoms with E-state index in [-0.39, 0.29) is 5.91 Å². The zero-order valence-electron chi connectivity index (χ0n) is 16.1. The number of carbonyl (C=O) groups excluding carboxylic acids is 1. The number of carbonyl (C=O) groups is 1. The number of rotatable bonds is 6. The third kappa shape index (κ3) is 3.00. The van der Waals surface area contributed by atoms with Gasteiger partial charge >= 0.3 is 0 Å². The lowest BCUT2D eigenvalue weighted by Crippen LogP contribution is -2.30. The van der Waals surface area contributed by atoms with E-state index in [4.69, 9.17) is 4.74 Å². The van der Waals surface area contributed by atoms with E-state index in [2.05, 4.69) is 9.88 Å². The SMILES string of the molecule is O=C1c2nc3ccccc3c(OCCCCN3CCCCC3)c2-c2cccn21. The highest BCUT2D eigenvalue weighted by Crippen LogP contribution is 2.42. The average Bonchev–Trinajstić information content (AvgIpc) is 3.31. The number of hydrogen-bond acceptors (Lipinski definition) is 4. The molecule has 1 aromatic carbocycles. The Bertz CT molecular complexity index is 1020. The topological polar surface area (TPSA) is 47.4 Å². The maximum absolute atomic E-state index is 12.7. The van der Waals surface area contributed by atoms with Crippen molar-refractivity contribution in [2.24, 2.45) is 0 Å². The van der Waals surface area contributed by atoms with Crippen LogP contribution in [0.5, 0.6) is 5.75 Å². The number of nitrogens with zero attached hydrogens (tertiary/aromatic N) is 3. The number of aromatic nitrogens is 2. The molecule has 5 nitrogen and oxygen atoms in total. The lowest BCUT2D eigenvalue weighted by molar-refractivity contribution is 0.0965. The summed E-state index contributed by atoms with van der Waals surface area (Å²) in [6.45, 7) is 4.29. The molecule has 0 atom stereocenters. The Kier molecular flexibility index (Phi) is 4.61. The minimum atomic E-state index is -0.0734. The summed E-state index contributed by atoms with van der Waals surface area (Å²) in [4.78, 5) is 19.9. The number of para-hydroxylation sites is 1. The molecular formula is C23H25N3O2. The third-order valence-electron chi connectivity index (χ3n) is 5.83. The zero-order chi connectivity index (χ0) is 18.9. The van der Waals surface area contributed by atoms with E-state index in [1.807, 2.05) is 36.4 Å². The molecule has 0 spiro atoms. The summed E-state index contributed by atoms with van der Waals surface area (Å²) in [5.74, 6) is 0.722. The summed E-state index contributed by atoms with van der Waals surface area (Å²) in [6.07, 6.45) is 7.99. The van der Waals surface area contributed by atoms with Gasteiger partial charge in [-0.15, -0.1) is 0 Å². The molecule has 2 aliphatic heterocycles. The lowest BCUT2D eigenvalue weighted by atomic mass is 10.1. The number of likely N-dealkylation sites (tertiary alicyclic amines) is 1. The van der Waals surface area contributed by atoms with Crippen LogP contribution in [0.1, 0.15) is 42.6 Å². The first-order valence-corrected chi connectivity index (χ1v) is 10.3. The molecule has 0 bridgehead atoms. The number of piperidine rings is 1. The normalized spacial score (nSPS) is 16.4. The van der Waals surface area contributed by atoms with Crippen LogP contribution in [0, 0.1) is 0 Å². The van der Waals surface area contributed by atoms with Crippen molar-refractivity contribution in [3.05, 3.63) is 48.3 Å². The molecule has 0 saturated carbocycles. The zero-order valence-corrected chi connectivity index (χ0v) is 16.1. The monoisotopic (exact) mass is 375 g/mol. The van der Waals surface area contributed by atoms with Gasteiger partial charge in [0, 0.05) is 11.6 Å². The number of benzene rings is 1. The van der Waals surface area contributed by atoms with E-state index < -0.39 is 0 Å². The highest BCUT2D eigenvalue weighted by Gasteiger charge is 2.32. The lowest BCUT2D eigenvalue weighted by Gasteiger charge is -2.26. The molecule has 0 N–H and O–H groups in total. The fourth-order valence-corrected chi connectivity index (χ4v) is 4.39. The Morgan fingerprint density at radius 1 is 1.00 bits per heavy atom. The van der Waals surface area contributed by atoms with E-state index in [1.54, 1.807) is 10.8 Å². The Morgan fingerprint density at radius 2 is 1.86 bits per heavy atom. The van der Waals surface area contributed by atoms with Crippen LogP contribution in [0.15, 0.2) is 42.6 Å². The molecule has 0 aliphatic carbocycles. The minimum absolute atomic E-state index is 0.0734. The summed E-state index contributed by atoms with van der Waals surface area (Å²) >= 11 is 0. The van der Waals surface area contributed by atoms with Crippen LogP contribution >= 0.6 is 0 Å². The van der Waals surface area contributed by atoms with Crippen LogP contribution in [0.3, 0.4) is 0 Å². The highest BCUT2D eigenvalue weighted by atomic mass is 16.5. The molecule has 1 saturated heterocycles. The maximum Gasteiger partial charge on any atom is 0.281 e. The van der Waals surface area contributed by atoms with E-state index in [0.717, 1.165) is 47.3 Å². The molecule has 0 unspecified atom stereocenters. The maximum atomic E-state index is 12.7. The smallest absolute Gasteiger partial charge is 0.281 e. The van der Waals surface area contributed by atoms with Crippen molar-refractivity contribution in [3.63, 3.8) is 0 Å². The quantitative estimate of drug-likeness (QED) is 0.470. The number of hydrogen-bond donors (Lipinski definition) is 0. The first kappa shape index (κ1) is 17.4. The predicted molar refractivity (Wildman–Crippen MR) is 110 cm³/mol. The van der Waals surface area contributed by atoms with Gasteiger partial charge in [-0.25, -0.2) is 4.98 Å². The van der Waals surface area contributed by atoms with Gasteiger partial charge in [-0.2, -0.15) is 0 Å². The summed E-state index contributed by atoms with van der Waals surface area (Å²) in [5.41, 5.74) is 3.02. The van der Waals surface area contributed by atoms with Crippen LogP contribution in [-0.4, -0.2) is 46.6 Å². The number of ether oxygens (including phenoxy) is 1.